The van der Waals surface area contributed by atoms with Crippen LogP contribution in [-0.4, -0.2) is 88.5 Å². The molecule has 2 saturated heterocycles. The van der Waals surface area contributed by atoms with Crippen molar-refractivity contribution < 1.29 is 14.2 Å². The zero-order chi connectivity index (χ0) is 19.8. The number of guanidine groups is 1. The van der Waals surface area contributed by atoms with E-state index in [1.807, 2.05) is 31.3 Å². The number of rotatable bonds is 7. The van der Waals surface area contributed by atoms with Gasteiger partial charge < -0.3 is 24.4 Å². The number of benzene rings is 1. The first-order valence-corrected chi connectivity index (χ1v) is 10.2. The number of likely N-dealkylation sites (tertiary alicyclic amines) is 1. The third-order valence-corrected chi connectivity index (χ3v) is 5.34. The van der Waals surface area contributed by atoms with Crippen molar-refractivity contribution in [2.24, 2.45) is 10.9 Å². The van der Waals surface area contributed by atoms with Gasteiger partial charge in [0.1, 0.15) is 17.6 Å². The van der Waals surface area contributed by atoms with Gasteiger partial charge in [0.25, 0.3) is 0 Å². The van der Waals surface area contributed by atoms with E-state index >= 15 is 0 Å². The van der Waals surface area contributed by atoms with Gasteiger partial charge in [-0.1, -0.05) is 6.07 Å². The quantitative estimate of drug-likeness (QED) is 0.565. The van der Waals surface area contributed by atoms with Crippen molar-refractivity contribution in [1.82, 2.24) is 15.1 Å². The lowest BCUT2D eigenvalue weighted by Gasteiger charge is -2.29. The minimum absolute atomic E-state index is 0.0237. The second-order valence-electron chi connectivity index (χ2n) is 7.55. The Hall–Kier alpha value is -1.99. The van der Waals surface area contributed by atoms with Gasteiger partial charge >= 0.3 is 0 Å². The maximum atomic E-state index is 6.00. The molecule has 7 heteroatoms. The van der Waals surface area contributed by atoms with Crippen molar-refractivity contribution in [3.05, 3.63) is 24.3 Å². The van der Waals surface area contributed by atoms with Crippen LogP contribution in [0.2, 0.25) is 0 Å². The highest BCUT2D eigenvalue weighted by Gasteiger charge is 2.27. The monoisotopic (exact) mass is 390 g/mol. The fourth-order valence-electron chi connectivity index (χ4n) is 3.84. The number of nitrogens with one attached hydrogen (secondary N) is 1. The summed E-state index contributed by atoms with van der Waals surface area (Å²) >= 11 is 0. The maximum Gasteiger partial charge on any atom is 0.193 e. The van der Waals surface area contributed by atoms with Gasteiger partial charge in [-0.15, -0.1) is 0 Å². The molecule has 2 atom stereocenters. The van der Waals surface area contributed by atoms with E-state index in [1.54, 1.807) is 7.11 Å². The fraction of sp³-hybridized carbons (Fsp3) is 0.667. The summed E-state index contributed by atoms with van der Waals surface area (Å²) in [6.07, 6.45) is 1.24. The van der Waals surface area contributed by atoms with E-state index in [4.69, 9.17) is 14.2 Å². The predicted octanol–water partition coefficient (Wildman–Crippen LogP) is 1.69. The van der Waals surface area contributed by atoms with Gasteiger partial charge in [0.15, 0.2) is 5.96 Å². The van der Waals surface area contributed by atoms with Crippen molar-refractivity contribution in [1.29, 1.82) is 0 Å². The Morgan fingerprint density at radius 2 is 2.07 bits per heavy atom. The van der Waals surface area contributed by atoms with Gasteiger partial charge in [0.05, 0.1) is 26.9 Å². The number of nitrogens with zero attached hydrogens (tertiary/aromatic N) is 3. The van der Waals surface area contributed by atoms with E-state index < -0.39 is 0 Å². The molecule has 7 nitrogen and oxygen atoms in total. The molecule has 0 saturated carbocycles. The third-order valence-electron chi connectivity index (χ3n) is 5.34. The number of morpholine rings is 1. The standard InChI is InChI=1S/C21H34N4O3/c1-17(28-20-6-4-5-19(13-20)26-3)14-23-21(22-2)25-8-7-18(16-25)15-24-9-11-27-12-10-24/h4-6,13,17-18H,7-12,14-16H2,1-3H3,(H,22,23). The molecule has 0 bridgehead atoms. The van der Waals surface area contributed by atoms with Crippen LogP contribution in [0.5, 0.6) is 11.5 Å². The number of methoxy groups -OCH3 is 1. The van der Waals surface area contributed by atoms with Gasteiger partial charge in [0, 0.05) is 45.8 Å². The van der Waals surface area contributed by atoms with Gasteiger partial charge in [0.2, 0.25) is 0 Å². The first-order valence-electron chi connectivity index (χ1n) is 10.2. The van der Waals surface area contributed by atoms with E-state index in [-0.39, 0.29) is 6.10 Å². The van der Waals surface area contributed by atoms with Crippen LogP contribution in [0.15, 0.2) is 29.3 Å². The van der Waals surface area contributed by atoms with Crippen molar-refractivity contribution in [3.63, 3.8) is 0 Å². The van der Waals surface area contributed by atoms with Crippen LogP contribution in [0, 0.1) is 5.92 Å². The second-order valence-corrected chi connectivity index (χ2v) is 7.55. The molecular weight excluding hydrogens is 356 g/mol. The summed E-state index contributed by atoms with van der Waals surface area (Å²) in [4.78, 5) is 9.37. The van der Waals surface area contributed by atoms with E-state index in [1.165, 1.54) is 6.42 Å². The van der Waals surface area contributed by atoms with Crippen LogP contribution in [0.1, 0.15) is 13.3 Å². The lowest BCUT2D eigenvalue weighted by Crippen LogP contribution is -2.44. The molecule has 28 heavy (non-hydrogen) atoms. The molecule has 2 unspecified atom stereocenters. The Labute approximate surface area is 168 Å². The van der Waals surface area contributed by atoms with E-state index in [0.29, 0.717) is 12.5 Å². The zero-order valence-corrected chi connectivity index (χ0v) is 17.4. The summed E-state index contributed by atoms with van der Waals surface area (Å²) in [5.41, 5.74) is 0. The van der Waals surface area contributed by atoms with Crippen LogP contribution >= 0.6 is 0 Å². The molecule has 1 aromatic carbocycles. The predicted molar refractivity (Wildman–Crippen MR) is 111 cm³/mol. The summed E-state index contributed by atoms with van der Waals surface area (Å²) < 4.78 is 16.7. The SMILES string of the molecule is CN=C(NCC(C)Oc1cccc(OC)c1)N1CCC(CN2CCOCC2)C1. The van der Waals surface area contributed by atoms with E-state index in [0.717, 1.165) is 63.4 Å². The maximum absolute atomic E-state index is 6.00. The zero-order valence-electron chi connectivity index (χ0n) is 17.4. The van der Waals surface area contributed by atoms with Crippen LogP contribution in [0.3, 0.4) is 0 Å². The fourth-order valence-corrected chi connectivity index (χ4v) is 3.84. The molecule has 0 spiro atoms. The van der Waals surface area contributed by atoms with Crippen LogP contribution in [0.4, 0.5) is 0 Å². The number of ether oxygens (including phenoxy) is 3. The molecule has 3 rings (SSSR count). The minimum atomic E-state index is 0.0237. The van der Waals surface area contributed by atoms with E-state index in [9.17, 15) is 0 Å². The molecular formula is C21H34N4O3. The van der Waals surface area contributed by atoms with Gasteiger partial charge in [-0.05, 0) is 31.4 Å². The van der Waals surface area contributed by atoms with Crippen molar-refractivity contribution in [2.75, 3.05) is 66.6 Å². The second kappa shape index (κ2) is 10.5. The Morgan fingerprint density at radius 1 is 1.29 bits per heavy atom. The summed E-state index contributed by atoms with van der Waals surface area (Å²) in [6.45, 7) is 9.88. The highest BCUT2D eigenvalue weighted by Crippen LogP contribution is 2.20. The highest BCUT2D eigenvalue weighted by atomic mass is 16.5. The Morgan fingerprint density at radius 3 is 2.82 bits per heavy atom. The molecule has 1 N–H and O–H groups in total. The van der Waals surface area contributed by atoms with Crippen molar-refractivity contribution in [2.45, 2.75) is 19.4 Å². The number of aliphatic imine (C=N–C) groups is 1. The number of hydrogen-bond donors (Lipinski definition) is 1. The molecule has 0 amide bonds. The van der Waals surface area contributed by atoms with E-state index in [2.05, 4.69) is 27.0 Å². The van der Waals surface area contributed by atoms with Gasteiger partial charge in [-0.3, -0.25) is 9.89 Å². The molecule has 2 aliphatic heterocycles. The summed E-state index contributed by atoms with van der Waals surface area (Å²) in [7, 11) is 3.52. The third kappa shape index (κ3) is 6.01. The largest absolute Gasteiger partial charge is 0.497 e. The summed E-state index contributed by atoms with van der Waals surface area (Å²) in [5.74, 6) is 3.28. The average Bonchev–Trinajstić information content (AvgIpc) is 3.17. The molecule has 0 aliphatic carbocycles. The lowest BCUT2D eigenvalue weighted by atomic mass is 10.1. The molecule has 2 fully saturated rings. The summed E-state index contributed by atoms with van der Waals surface area (Å²) in [6, 6.07) is 7.71. The summed E-state index contributed by atoms with van der Waals surface area (Å²) in [5, 5.41) is 3.47. The molecule has 0 radical (unpaired) electrons. The molecule has 0 aromatic heterocycles. The first kappa shape index (κ1) is 20.7. The lowest BCUT2D eigenvalue weighted by molar-refractivity contribution is 0.0315. The molecule has 2 heterocycles. The van der Waals surface area contributed by atoms with Crippen LogP contribution in [-0.2, 0) is 4.74 Å². The van der Waals surface area contributed by atoms with Crippen LogP contribution in [0.25, 0.3) is 0 Å². The number of hydrogen-bond acceptors (Lipinski definition) is 5. The van der Waals surface area contributed by atoms with Crippen molar-refractivity contribution in [3.8, 4) is 11.5 Å². The van der Waals surface area contributed by atoms with Crippen LogP contribution < -0.4 is 14.8 Å². The molecule has 1 aromatic rings. The average molecular weight is 391 g/mol. The molecule has 2 aliphatic rings. The highest BCUT2D eigenvalue weighted by molar-refractivity contribution is 5.80. The molecule has 156 valence electrons. The minimum Gasteiger partial charge on any atom is -0.497 e. The Bertz CT molecular complexity index is 634. The smallest absolute Gasteiger partial charge is 0.193 e. The Balaban J connectivity index is 1.42. The topological polar surface area (TPSA) is 58.6 Å². The Kier molecular flexibility index (Phi) is 7.80. The van der Waals surface area contributed by atoms with Gasteiger partial charge in [-0.2, -0.15) is 0 Å². The van der Waals surface area contributed by atoms with Crippen molar-refractivity contribution >= 4 is 5.96 Å². The first-order chi connectivity index (χ1) is 13.7. The van der Waals surface area contributed by atoms with Gasteiger partial charge in [-0.25, -0.2) is 0 Å². The normalized spacial score (nSPS) is 22.2.